The van der Waals surface area contributed by atoms with Gasteiger partial charge in [-0.3, -0.25) is 0 Å². The lowest BCUT2D eigenvalue weighted by molar-refractivity contribution is 0.151. The van der Waals surface area contributed by atoms with Crippen molar-refractivity contribution >= 4 is 16.7 Å². The maximum atomic E-state index is 14.0. The summed E-state index contributed by atoms with van der Waals surface area (Å²) in [5.41, 5.74) is 0.621. The molecule has 1 aliphatic heterocycles. The number of rotatable bonds is 5. The first-order valence-corrected chi connectivity index (χ1v) is 7.74. The quantitative estimate of drug-likeness (QED) is 0.883. The number of nitrogens with zero attached hydrogens (tertiary/aromatic N) is 3. The molecule has 0 aliphatic carbocycles. The molecule has 0 amide bonds. The van der Waals surface area contributed by atoms with Gasteiger partial charge in [-0.05, 0) is 44.0 Å². The molecule has 2 N–H and O–H groups in total. The van der Waals surface area contributed by atoms with Crippen LogP contribution in [0.5, 0.6) is 0 Å². The Morgan fingerprint density at radius 3 is 2.86 bits per heavy atom. The van der Waals surface area contributed by atoms with Crippen LogP contribution in [0.4, 0.5) is 10.2 Å². The van der Waals surface area contributed by atoms with Crippen LogP contribution < -0.4 is 5.32 Å². The van der Waals surface area contributed by atoms with E-state index in [1.54, 1.807) is 12.1 Å². The van der Waals surface area contributed by atoms with Gasteiger partial charge >= 0.3 is 0 Å². The Hall–Kier alpha value is -1.79. The smallest absolute Gasteiger partial charge is 0.140 e. The predicted octanol–water partition coefficient (Wildman–Crippen LogP) is 1.89. The van der Waals surface area contributed by atoms with Crippen LogP contribution in [0.2, 0.25) is 0 Å². The number of nitrogens with one attached hydrogen (secondary N) is 1. The molecule has 5 nitrogen and oxygen atoms in total. The minimum Gasteiger partial charge on any atom is -0.395 e. The number of aromatic nitrogens is 2. The van der Waals surface area contributed by atoms with E-state index in [1.807, 2.05) is 0 Å². The van der Waals surface area contributed by atoms with Gasteiger partial charge in [0.25, 0.3) is 0 Å². The Labute approximate surface area is 129 Å². The van der Waals surface area contributed by atoms with E-state index in [4.69, 9.17) is 5.11 Å². The topological polar surface area (TPSA) is 61.3 Å². The average molecular weight is 304 g/mol. The summed E-state index contributed by atoms with van der Waals surface area (Å²) in [6, 6.07) is 4.88. The molecule has 2 heterocycles. The molecular weight excluding hydrogens is 283 g/mol. The summed E-state index contributed by atoms with van der Waals surface area (Å²) in [6.45, 7) is 3.77. The number of halogens is 1. The van der Waals surface area contributed by atoms with Crippen molar-refractivity contribution in [2.24, 2.45) is 5.92 Å². The molecular formula is C16H21FN4O. The molecule has 1 saturated heterocycles. The first-order valence-electron chi connectivity index (χ1n) is 7.74. The van der Waals surface area contributed by atoms with Crippen LogP contribution in [-0.2, 0) is 0 Å². The number of anilines is 1. The lowest BCUT2D eigenvalue weighted by Gasteiger charge is -2.31. The lowest BCUT2D eigenvalue weighted by Crippen LogP contribution is -2.37. The van der Waals surface area contributed by atoms with Gasteiger partial charge in [0, 0.05) is 13.1 Å². The van der Waals surface area contributed by atoms with Crippen molar-refractivity contribution < 1.29 is 9.50 Å². The van der Waals surface area contributed by atoms with Crippen LogP contribution in [0.1, 0.15) is 12.8 Å². The molecule has 1 fully saturated rings. The van der Waals surface area contributed by atoms with Gasteiger partial charge in [-0.25, -0.2) is 14.4 Å². The van der Waals surface area contributed by atoms with Crippen LogP contribution in [0, 0.1) is 11.7 Å². The number of aliphatic hydroxyl groups is 1. The Balaban J connectivity index is 1.63. The zero-order valence-electron chi connectivity index (χ0n) is 12.5. The van der Waals surface area contributed by atoms with Gasteiger partial charge in [0.1, 0.15) is 18.0 Å². The van der Waals surface area contributed by atoms with E-state index in [0.29, 0.717) is 22.6 Å². The van der Waals surface area contributed by atoms with Crippen molar-refractivity contribution in [1.82, 2.24) is 14.9 Å². The molecule has 0 radical (unpaired) electrons. The highest BCUT2D eigenvalue weighted by molar-refractivity contribution is 5.89. The molecule has 0 bridgehead atoms. The van der Waals surface area contributed by atoms with Crippen molar-refractivity contribution in [2.75, 3.05) is 38.1 Å². The summed E-state index contributed by atoms with van der Waals surface area (Å²) in [4.78, 5) is 10.6. The van der Waals surface area contributed by atoms with Crippen molar-refractivity contribution in [3.8, 4) is 0 Å². The molecule has 118 valence electrons. The van der Waals surface area contributed by atoms with Crippen LogP contribution in [0.25, 0.3) is 10.9 Å². The van der Waals surface area contributed by atoms with Crippen LogP contribution in [0.15, 0.2) is 24.5 Å². The van der Waals surface area contributed by atoms with E-state index >= 15 is 0 Å². The number of likely N-dealkylation sites (tertiary alicyclic amines) is 1. The number of hydrogen-bond acceptors (Lipinski definition) is 5. The normalized spacial score (nSPS) is 17.0. The average Bonchev–Trinajstić information content (AvgIpc) is 2.55. The fourth-order valence-corrected chi connectivity index (χ4v) is 3.00. The van der Waals surface area contributed by atoms with Crippen molar-refractivity contribution in [3.63, 3.8) is 0 Å². The van der Waals surface area contributed by atoms with E-state index in [1.165, 1.54) is 12.4 Å². The van der Waals surface area contributed by atoms with Gasteiger partial charge < -0.3 is 15.3 Å². The maximum absolute atomic E-state index is 14.0. The molecule has 3 rings (SSSR count). The molecule has 1 aromatic carbocycles. The highest BCUT2D eigenvalue weighted by atomic mass is 19.1. The number of fused-ring (bicyclic) bond motifs is 1. The Morgan fingerprint density at radius 2 is 2.09 bits per heavy atom. The summed E-state index contributed by atoms with van der Waals surface area (Å²) < 4.78 is 14.0. The summed E-state index contributed by atoms with van der Waals surface area (Å²) in [5.74, 6) is 0.825. The van der Waals surface area contributed by atoms with Gasteiger partial charge in [0.15, 0.2) is 0 Å². The molecule has 0 atom stereocenters. The van der Waals surface area contributed by atoms with Gasteiger partial charge in [-0.1, -0.05) is 6.07 Å². The van der Waals surface area contributed by atoms with Crippen LogP contribution in [0.3, 0.4) is 0 Å². The highest BCUT2D eigenvalue weighted by Gasteiger charge is 2.19. The summed E-state index contributed by atoms with van der Waals surface area (Å²) in [5, 5.41) is 12.7. The lowest BCUT2D eigenvalue weighted by atomic mass is 9.97. The Bertz CT molecular complexity index is 623. The first kappa shape index (κ1) is 15.1. The third-order valence-corrected chi connectivity index (χ3v) is 4.29. The van der Waals surface area contributed by atoms with Crippen LogP contribution in [-0.4, -0.2) is 52.8 Å². The number of aliphatic hydroxyl groups excluding tert-OH is 1. The second-order valence-corrected chi connectivity index (χ2v) is 5.75. The summed E-state index contributed by atoms with van der Waals surface area (Å²) in [6.07, 6.45) is 3.63. The van der Waals surface area contributed by atoms with E-state index < -0.39 is 0 Å². The molecule has 1 aliphatic rings. The SMILES string of the molecule is OCCN1CCC(CNc2ncnc3cccc(F)c23)CC1. The summed E-state index contributed by atoms with van der Waals surface area (Å²) >= 11 is 0. The van der Waals surface area contributed by atoms with Crippen LogP contribution >= 0.6 is 0 Å². The number of β-amino-alcohol motifs (C(OH)–C–C–N with tert-alkyl or cyclic N) is 1. The molecule has 1 aromatic heterocycles. The fraction of sp³-hybridized carbons (Fsp3) is 0.500. The second kappa shape index (κ2) is 6.98. The monoisotopic (exact) mass is 304 g/mol. The first-order chi connectivity index (χ1) is 10.8. The Kier molecular flexibility index (Phi) is 4.80. The fourth-order valence-electron chi connectivity index (χ4n) is 3.00. The largest absolute Gasteiger partial charge is 0.395 e. The number of hydrogen-bond donors (Lipinski definition) is 2. The number of piperidine rings is 1. The molecule has 2 aromatic rings. The molecule has 0 unspecified atom stereocenters. The van der Waals surface area contributed by atoms with E-state index in [-0.39, 0.29) is 12.4 Å². The van der Waals surface area contributed by atoms with Gasteiger partial charge in [0.05, 0.1) is 17.5 Å². The third kappa shape index (κ3) is 3.34. The van der Waals surface area contributed by atoms with Crippen molar-refractivity contribution in [3.05, 3.63) is 30.3 Å². The maximum Gasteiger partial charge on any atom is 0.140 e. The van der Waals surface area contributed by atoms with Crippen molar-refractivity contribution in [1.29, 1.82) is 0 Å². The van der Waals surface area contributed by atoms with Gasteiger partial charge in [-0.2, -0.15) is 0 Å². The molecule has 6 heteroatoms. The third-order valence-electron chi connectivity index (χ3n) is 4.29. The number of benzene rings is 1. The van der Waals surface area contributed by atoms with Crippen molar-refractivity contribution in [2.45, 2.75) is 12.8 Å². The van der Waals surface area contributed by atoms with E-state index in [0.717, 1.165) is 39.0 Å². The standard InChI is InChI=1S/C16H21FN4O/c17-13-2-1-3-14-15(13)16(20-11-19-14)18-10-12-4-6-21(7-5-12)8-9-22/h1-3,11-12,22H,4-10H2,(H,18,19,20). The zero-order chi connectivity index (χ0) is 15.4. The Morgan fingerprint density at radius 1 is 1.27 bits per heavy atom. The van der Waals surface area contributed by atoms with Gasteiger partial charge in [-0.15, -0.1) is 0 Å². The second-order valence-electron chi connectivity index (χ2n) is 5.75. The minimum atomic E-state index is -0.293. The van der Waals surface area contributed by atoms with E-state index in [2.05, 4.69) is 20.2 Å². The van der Waals surface area contributed by atoms with E-state index in [9.17, 15) is 4.39 Å². The zero-order valence-corrected chi connectivity index (χ0v) is 12.5. The molecule has 22 heavy (non-hydrogen) atoms. The predicted molar refractivity (Wildman–Crippen MR) is 84.2 cm³/mol. The van der Waals surface area contributed by atoms with Gasteiger partial charge in [0.2, 0.25) is 0 Å². The molecule has 0 saturated carbocycles. The molecule has 0 spiro atoms. The minimum absolute atomic E-state index is 0.217. The highest BCUT2D eigenvalue weighted by Crippen LogP contribution is 2.24. The summed E-state index contributed by atoms with van der Waals surface area (Å²) in [7, 11) is 0.